The summed E-state index contributed by atoms with van der Waals surface area (Å²) in [6.07, 6.45) is 5.72. The number of piperidine rings is 1. The Labute approximate surface area is 113 Å². The van der Waals surface area contributed by atoms with Gasteiger partial charge in [0, 0.05) is 12.8 Å². The van der Waals surface area contributed by atoms with Crippen LogP contribution < -0.4 is 0 Å². The number of likely N-dealkylation sites (tertiary alicyclic amines) is 1. The van der Waals surface area contributed by atoms with Gasteiger partial charge in [-0.05, 0) is 32.1 Å². The van der Waals surface area contributed by atoms with Gasteiger partial charge in [0.05, 0.1) is 0 Å². The fraction of sp³-hybridized carbons (Fsp3) is 0.786. The van der Waals surface area contributed by atoms with Gasteiger partial charge in [0.25, 0.3) is 0 Å². The SMILES string of the molecule is CC(C)(C(=O)O)N1C(=O)CC2(CCCCC2)CC1=O. The number of carboxylic acids is 1. The van der Waals surface area contributed by atoms with E-state index < -0.39 is 11.5 Å². The first kappa shape index (κ1) is 14.0. The number of amides is 2. The maximum Gasteiger partial charge on any atom is 0.329 e. The van der Waals surface area contributed by atoms with Crippen molar-refractivity contribution < 1.29 is 19.5 Å². The molecule has 1 aliphatic heterocycles. The van der Waals surface area contributed by atoms with E-state index in [1.165, 1.54) is 13.8 Å². The predicted molar refractivity (Wildman–Crippen MR) is 68.3 cm³/mol. The van der Waals surface area contributed by atoms with Gasteiger partial charge in [-0.2, -0.15) is 0 Å². The summed E-state index contributed by atoms with van der Waals surface area (Å²) < 4.78 is 0. The minimum Gasteiger partial charge on any atom is -0.480 e. The molecule has 0 bridgehead atoms. The summed E-state index contributed by atoms with van der Waals surface area (Å²) in [4.78, 5) is 36.7. The van der Waals surface area contributed by atoms with E-state index in [9.17, 15) is 19.5 Å². The van der Waals surface area contributed by atoms with Gasteiger partial charge in [-0.15, -0.1) is 0 Å². The van der Waals surface area contributed by atoms with Gasteiger partial charge in [-0.1, -0.05) is 19.3 Å². The molecule has 1 N–H and O–H groups in total. The summed E-state index contributed by atoms with van der Waals surface area (Å²) in [5, 5.41) is 9.18. The van der Waals surface area contributed by atoms with E-state index in [0.29, 0.717) is 12.8 Å². The Morgan fingerprint density at radius 3 is 2.00 bits per heavy atom. The maximum absolute atomic E-state index is 12.3. The monoisotopic (exact) mass is 267 g/mol. The molecule has 5 nitrogen and oxygen atoms in total. The van der Waals surface area contributed by atoms with Crippen LogP contribution in [0.4, 0.5) is 0 Å². The molecule has 0 atom stereocenters. The average Bonchev–Trinajstić information content (AvgIpc) is 2.27. The molecule has 5 heteroatoms. The molecule has 0 radical (unpaired) electrons. The Balaban J connectivity index is 2.22. The second-order valence-corrected chi connectivity index (χ2v) is 6.40. The average molecular weight is 267 g/mol. The number of hydrogen-bond acceptors (Lipinski definition) is 3. The molecule has 0 aromatic rings. The van der Waals surface area contributed by atoms with Crippen LogP contribution in [0.5, 0.6) is 0 Å². The Morgan fingerprint density at radius 1 is 1.11 bits per heavy atom. The largest absolute Gasteiger partial charge is 0.480 e. The van der Waals surface area contributed by atoms with Crippen LogP contribution in [-0.2, 0) is 14.4 Å². The van der Waals surface area contributed by atoms with Crippen molar-refractivity contribution in [2.45, 2.75) is 64.3 Å². The van der Waals surface area contributed by atoms with Crippen LogP contribution in [0.3, 0.4) is 0 Å². The fourth-order valence-electron chi connectivity index (χ4n) is 3.38. The molecule has 2 amide bonds. The molecule has 2 rings (SSSR count). The number of imide groups is 1. The highest BCUT2D eigenvalue weighted by Gasteiger charge is 2.50. The lowest BCUT2D eigenvalue weighted by Gasteiger charge is -2.45. The van der Waals surface area contributed by atoms with Gasteiger partial charge >= 0.3 is 5.97 Å². The third-order valence-electron chi connectivity index (χ3n) is 4.55. The number of carbonyl (C=O) groups is 3. The highest BCUT2D eigenvalue weighted by atomic mass is 16.4. The van der Waals surface area contributed by atoms with E-state index in [2.05, 4.69) is 0 Å². The minimum absolute atomic E-state index is 0.197. The van der Waals surface area contributed by atoms with E-state index in [4.69, 9.17) is 0 Å². The molecule has 2 fully saturated rings. The standard InChI is InChI=1S/C14H21NO4/c1-13(2,12(18)19)15-10(16)8-14(9-11(15)17)6-4-3-5-7-14/h3-9H2,1-2H3,(H,18,19). The van der Waals surface area contributed by atoms with Crippen molar-refractivity contribution in [1.82, 2.24) is 4.90 Å². The topological polar surface area (TPSA) is 74.7 Å². The van der Waals surface area contributed by atoms with Crippen molar-refractivity contribution in [3.8, 4) is 0 Å². The zero-order chi connectivity index (χ0) is 14.3. The first-order chi connectivity index (χ1) is 8.78. The molecule has 1 heterocycles. The summed E-state index contributed by atoms with van der Waals surface area (Å²) in [7, 11) is 0. The second kappa shape index (κ2) is 4.62. The summed E-state index contributed by atoms with van der Waals surface area (Å²) in [6, 6.07) is 0. The van der Waals surface area contributed by atoms with Crippen LogP contribution in [0, 0.1) is 5.41 Å². The van der Waals surface area contributed by atoms with Crippen LogP contribution in [0.1, 0.15) is 58.8 Å². The van der Waals surface area contributed by atoms with Crippen LogP contribution >= 0.6 is 0 Å². The molecule has 1 spiro atoms. The van der Waals surface area contributed by atoms with Crippen LogP contribution in [0.2, 0.25) is 0 Å². The Morgan fingerprint density at radius 2 is 1.58 bits per heavy atom. The third-order valence-corrected chi connectivity index (χ3v) is 4.55. The zero-order valence-corrected chi connectivity index (χ0v) is 11.6. The Bertz CT molecular complexity index is 401. The van der Waals surface area contributed by atoms with E-state index in [1.54, 1.807) is 0 Å². The van der Waals surface area contributed by atoms with Gasteiger partial charge in [-0.25, -0.2) is 4.79 Å². The Kier molecular flexibility index (Phi) is 3.41. The highest BCUT2D eigenvalue weighted by molar-refractivity contribution is 6.03. The normalized spacial score (nSPS) is 23.8. The Hall–Kier alpha value is -1.39. The van der Waals surface area contributed by atoms with Gasteiger partial charge in [0.1, 0.15) is 5.54 Å². The summed E-state index contributed by atoms with van der Waals surface area (Å²) in [6.45, 7) is 2.81. The summed E-state index contributed by atoms with van der Waals surface area (Å²) in [5.74, 6) is -1.80. The molecule has 0 aromatic heterocycles. The molecule has 0 unspecified atom stereocenters. The smallest absolute Gasteiger partial charge is 0.329 e. The lowest BCUT2D eigenvalue weighted by atomic mass is 9.67. The molecule has 1 saturated heterocycles. The van der Waals surface area contributed by atoms with Crippen LogP contribution in [-0.4, -0.2) is 33.3 Å². The van der Waals surface area contributed by atoms with Crippen molar-refractivity contribution in [2.24, 2.45) is 5.41 Å². The molecule has 2 aliphatic rings. The number of aliphatic carboxylic acids is 1. The van der Waals surface area contributed by atoms with E-state index in [1.807, 2.05) is 0 Å². The number of hydrogen-bond donors (Lipinski definition) is 1. The predicted octanol–water partition coefficient (Wildman–Crippen LogP) is 1.95. The zero-order valence-electron chi connectivity index (χ0n) is 11.6. The van der Waals surface area contributed by atoms with Gasteiger partial charge in [0.2, 0.25) is 11.8 Å². The summed E-state index contributed by atoms with van der Waals surface area (Å²) in [5.41, 5.74) is -1.65. The van der Waals surface area contributed by atoms with E-state index >= 15 is 0 Å². The fourth-order valence-corrected chi connectivity index (χ4v) is 3.38. The molecule has 1 saturated carbocycles. The van der Waals surface area contributed by atoms with Crippen LogP contribution in [0.15, 0.2) is 0 Å². The molecule has 1 aliphatic carbocycles. The summed E-state index contributed by atoms with van der Waals surface area (Å²) >= 11 is 0. The van der Waals surface area contributed by atoms with Gasteiger partial charge in [-0.3, -0.25) is 14.5 Å². The molecular weight excluding hydrogens is 246 g/mol. The maximum atomic E-state index is 12.3. The van der Waals surface area contributed by atoms with Crippen molar-refractivity contribution in [3.05, 3.63) is 0 Å². The lowest BCUT2D eigenvalue weighted by molar-refractivity contribution is -0.171. The molecule has 0 aromatic carbocycles. The highest BCUT2D eigenvalue weighted by Crippen LogP contribution is 2.46. The molecular formula is C14H21NO4. The lowest BCUT2D eigenvalue weighted by Crippen LogP contribution is -2.60. The number of nitrogens with zero attached hydrogens (tertiary/aromatic N) is 1. The van der Waals surface area contributed by atoms with Crippen LogP contribution in [0.25, 0.3) is 0 Å². The third kappa shape index (κ3) is 2.38. The van der Waals surface area contributed by atoms with Crippen molar-refractivity contribution in [1.29, 1.82) is 0 Å². The second-order valence-electron chi connectivity index (χ2n) is 6.40. The number of carbonyl (C=O) groups excluding carboxylic acids is 2. The number of rotatable bonds is 2. The van der Waals surface area contributed by atoms with Crippen molar-refractivity contribution in [2.75, 3.05) is 0 Å². The molecule has 19 heavy (non-hydrogen) atoms. The van der Waals surface area contributed by atoms with E-state index in [0.717, 1.165) is 37.0 Å². The first-order valence-corrected chi connectivity index (χ1v) is 6.88. The minimum atomic E-state index is -1.45. The first-order valence-electron chi connectivity index (χ1n) is 6.88. The molecule has 106 valence electrons. The van der Waals surface area contributed by atoms with Gasteiger partial charge in [0.15, 0.2) is 0 Å². The van der Waals surface area contributed by atoms with Gasteiger partial charge < -0.3 is 5.11 Å². The van der Waals surface area contributed by atoms with Crippen molar-refractivity contribution >= 4 is 17.8 Å². The number of carboxylic acid groups (broad SMARTS) is 1. The quantitative estimate of drug-likeness (QED) is 0.776. The van der Waals surface area contributed by atoms with E-state index in [-0.39, 0.29) is 17.2 Å². The van der Waals surface area contributed by atoms with Crippen molar-refractivity contribution in [3.63, 3.8) is 0 Å².